The smallest absolute Gasteiger partial charge is 0.152 e. The van der Waals surface area contributed by atoms with Gasteiger partial charge in [-0.1, -0.05) is 13.8 Å². The van der Waals surface area contributed by atoms with Crippen LogP contribution in [0.1, 0.15) is 13.8 Å². The second kappa shape index (κ2) is 4.50. The Morgan fingerprint density at radius 1 is 1.43 bits per heavy atom. The van der Waals surface area contributed by atoms with Crippen molar-refractivity contribution in [2.45, 2.75) is 20.4 Å². The van der Waals surface area contributed by atoms with Crippen molar-refractivity contribution in [1.29, 1.82) is 0 Å². The van der Waals surface area contributed by atoms with Crippen LogP contribution in [0, 0.1) is 5.92 Å². The number of hydrogen-bond acceptors (Lipinski definition) is 5. The zero-order valence-electron chi connectivity index (χ0n) is 8.29. The maximum atomic E-state index is 11.5. The van der Waals surface area contributed by atoms with Crippen molar-refractivity contribution in [3.8, 4) is 0 Å². The molecule has 0 saturated heterocycles. The number of sulfone groups is 1. The third-order valence-corrected chi connectivity index (χ3v) is 3.59. The standard InChI is InChI=1S/C7H14N4O2S/c1-7(2)5-14(12,13)4-3-11-6-8-9-10-11/h6-7H,3-5H2,1-2H3. The topological polar surface area (TPSA) is 77.7 Å². The van der Waals surface area contributed by atoms with Gasteiger partial charge in [-0.15, -0.1) is 5.10 Å². The lowest BCUT2D eigenvalue weighted by molar-refractivity contribution is 0.564. The minimum atomic E-state index is -2.97. The Labute approximate surface area is 83.2 Å². The zero-order valence-corrected chi connectivity index (χ0v) is 9.11. The van der Waals surface area contributed by atoms with E-state index in [1.165, 1.54) is 11.0 Å². The predicted octanol–water partition coefficient (Wildman–Crippen LogP) is -0.256. The minimum absolute atomic E-state index is 0.0935. The van der Waals surface area contributed by atoms with E-state index in [0.717, 1.165) is 0 Å². The van der Waals surface area contributed by atoms with Crippen molar-refractivity contribution in [2.24, 2.45) is 5.92 Å². The largest absolute Gasteiger partial charge is 0.231 e. The molecule has 0 bridgehead atoms. The molecule has 0 aromatic carbocycles. The van der Waals surface area contributed by atoms with Gasteiger partial charge in [0.05, 0.1) is 18.1 Å². The lowest BCUT2D eigenvalue weighted by Gasteiger charge is -2.05. The number of hydrogen-bond donors (Lipinski definition) is 0. The average Bonchev–Trinajstić information content (AvgIpc) is 2.50. The second-order valence-electron chi connectivity index (χ2n) is 3.58. The van der Waals surface area contributed by atoms with Gasteiger partial charge in [0.2, 0.25) is 0 Å². The molecule has 0 fully saturated rings. The quantitative estimate of drug-likeness (QED) is 0.680. The molecule has 1 heterocycles. The summed E-state index contributed by atoms with van der Waals surface area (Å²) in [5.74, 6) is 0.472. The van der Waals surface area contributed by atoms with Gasteiger partial charge in [-0.05, 0) is 16.3 Å². The molecule has 1 aromatic heterocycles. The van der Waals surface area contributed by atoms with Crippen LogP contribution in [-0.2, 0) is 16.4 Å². The Bertz CT molecular complexity index is 357. The molecular weight excluding hydrogens is 204 g/mol. The van der Waals surface area contributed by atoms with Crippen molar-refractivity contribution in [1.82, 2.24) is 20.2 Å². The van der Waals surface area contributed by atoms with Gasteiger partial charge in [0.1, 0.15) is 6.33 Å². The van der Waals surface area contributed by atoms with Crippen molar-refractivity contribution < 1.29 is 8.42 Å². The van der Waals surface area contributed by atoms with Crippen LogP contribution in [0.15, 0.2) is 6.33 Å². The first-order valence-corrected chi connectivity index (χ1v) is 6.23. The molecule has 0 spiro atoms. The fraction of sp³-hybridized carbons (Fsp3) is 0.857. The van der Waals surface area contributed by atoms with Gasteiger partial charge >= 0.3 is 0 Å². The van der Waals surface area contributed by atoms with Crippen LogP contribution in [0.2, 0.25) is 0 Å². The molecule has 0 amide bonds. The van der Waals surface area contributed by atoms with Crippen LogP contribution in [0.4, 0.5) is 0 Å². The maximum absolute atomic E-state index is 11.5. The SMILES string of the molecule is CC(C)CS(=O)(=O)CCn1cnnn1. The van der Waals surface area contributed by atoms with E-state index in [9.17, 15) is 8.42 Å². The predicted molar refractivity (Wildman–Crippen MR) is 51.3 cm³/mol. The van der Waals surface area contributed by atoms with Crippen LogP contribution in [-0.4, -0.2) is 40.1 Å². The molecule has 0 radical (unpaired) electrons. The van der Waals surface area contributed by atoms with Crippen molar-refractivity contribution in [3.63, 3.8) is 0 Å². The van der Waals surface area contributed by atoms with Gasteiger partial charge in [-0.25, -0.2) is 13.1 Å². The highest BCUT2D eigenvalue weighted by Crippen LogP contribution is 2.01. The Balaban J connectivity index is 2.45. The van der Waals surface area contributed by atoms with E-state index in [0.29, 0.717) is 6.54 Å². The summed E-state index contributed by atoms with van der Waals surface area (Å²) in [5.41, 5.74) is 0. The number of rotatable bonds is 5. The van der Waals surface area contributed by atoms with Gasteiger partial charge in [0, 0.05) is 0 Å². The van der Waals surface area contributed by atoms with Crippen LogP contribution in [0.3, 0.4) is 0 Å². The molecule has 0 aliphatic rings. The Hall–Kier alpha value is -0.980. The fourth-order valence-electron chi connectivity index (χ4n) is 1.11. The van der Waals surface area contributed by atoms with Gasteiger partial charge < -0.3 is 0 Å². The summed E-state index contributed by atoms with van der Waals surface area (Å²) in [6.45, 7) is 4.09. The van der Waals surface area contributed by atoms with E-state index in [2.05, 4.69) is 15.5 Å². The first kappa shape index (κ1) is 11.1. The molecule has 0 atom stereocenters. The molecule has 6 nitrogen and oxygen atoms in total. The second-order valence-corrected chi connectivity index (χ2v) is 5.81. The molecule has 7 heteroatoms. The fourth-order valence-corrected chi connectivity index (χ4v) is 2.75. The van der Waals surface area contributed by atoms with Crippen LogP contribution < -0.4 is 0 Å². The number of aromatic nitrogens is 4. The van der Waals surface area contributed by atoms with Gasteiger partial charge in [0.15, 0.2) is 9.84 Å². The molecule has 1 rings (SSSR count). The third kappa shape index (κ3) is 3.82. The van der Waals surface area contributed by atoms with Gasteiger partial charge in [0.25, 0.3) is 0 Å². The Kier molecular flexibility index (Phi) is 3.56. The Morgan fingerprint density at radius 2 is 2.14 bits per heavy atom. The summed E-state index contributed by atoms with van der Waals surface area (Å²) in [5, 5.41) is 10.4. The summed E-state index contributed by atoms with van der Waals surface area (Å²) in [7, 11) is -2.97. The molecule has 14 heavy (non-hydrogen) atoms. The first-order valence-electron chi connectivity index (χ1n) is 4.41. The zero-order chi connectivity index (χ0) is 10.6. The van der Waals surface area contributed by atoms with Crippen LogP contribution in [0.5, 0.6) is 0 Å². The van der Waals surface area contributed by atoms with E-state index in [1.54, 1.807) is 0 Å². The molecule has 0 aliphatic carbocycles. The molecule has 0 N–H and O–H groups in total. The first-order chi connectivity index (χ1) is 6.49. The van der Waals surface area contributed by atoms with E-state index in [1.807, 2.05) is 13.8 Å². The molecule has 1 aromatic rings. The molecular formula is C7H14N4O2S. The highest BCUT2D eigenvalue weighted by atomic mass is 32.2. The van der Waals surface area contributed by atoms with E-state index >= 15 is 0 Å². The number of tetrazole rings is 1. The molecule has 0 unspecified atom stereocenters. The van der Waals surface area contributed by atoms with Gasteiger partial charge in [-0.2, -0.15) is 0 Å². The summed E-state index contributed by atoms with van der Waals surface area (Å²) >= 11 is 0. The highest BCUT2D eigenvalue weighted by molar-refractivity contribution is 7.91. The van der Waals surface area contributed by atoms with Gasteiger partial charge in [-0.3, -0.25) is 0 Å². The normalized spacial score (nSPS) is 12.2. The third-order valence-electron chi connectivity index (χ3n) is 1.61. The Morgan fingerprint density at radius 3 is 2.64 bits per heavy atom. The molecule has 80 valence electrons. The van der Waals surface area contributed by atoms with Crippen molar-refractivity contribution in [2.75, 3.05) is 11.5 Å². The highest BCUT2D eigenvalue weighted by Gasteiger charge is 2.13. The van der Waals surface area contributed by atoms with E-state index < -0.39 is 9.84 Å². The lowest BCUT2D eigenvalue weighted by Crippen LogP contribution is -2.19. The van der Waals surface area contributed by atoms with E-state index in [-0.39, 0.29) is 17.4 Å². The van der Waals surface area contributed by atoms with E-state index in [4.69, 9.17) is 0 Å². The number of aryl methyl sites for hydroxylation is 1. The van der Waals surface area contributed by atoms with Crippen LogP contribution in [0.25, 0.3) is 0 Å². The summed E-state index contributed by atoms with van der Waals surface area (Å²) in [6.07, 6.45) is 1.41. The van der Waals surface area contributed by atoms with Crippen LogP contribution >= 0.6 is 0 Å². The maximum Gasteiger partial charge on any atom is 0.152 e. The van der Waals surface area contributed by atoms with Crippen molar-refractivity contribution >= 4 is 9.84 Å². The average molecular weight is 218 g/mol. The number of nitrogens with zero attached hydrogens (tertiary/aromatic N) is 4. The summed E-state index contributed by atoms with van der Waals surface area (Å²) in [4.78, 5) is 0. The summed E-state index contributed by atoms with van der Waals surface area (Å²) in [6, 6.07) is 0. The molecule has 0 aliphatic heterocycles. The lowest BCUT2D eigenvalue weighted by atomic mass is 10.3. The summed E-state index contributed by atoms with van der Waals surface area (Å²) < 4.78 is 24.3. The minimum Gasteiger partial charge on any atom is -0.231 e. The van der Waals surface area contributed by atoms with Crippen molar-refractivity contribution in [3.05, 3.63) is 6.33 Å². The monoisotopic (exact) mass is 218 g/mol. The molecule has 0 saturated carbocycles.